The first-order valence-electron chi connectivity index (χ1n) is 7.51. The van der Waals surface area contributed by atoms with Crippen LogP contribution in [-0.4, -0.2) is 45.3 Å². The molecule has 1 aromatic carbocycles. The topological polar surface area (TPSA) is 95.4 Å². The van der Waals surface area contributed by atoms with E-state index in [0.29, 0.717) is 24.4 Å². The SMILES string of the molecule is O=C(O)C1CCCN(C(=O)Nc2nnc(-c3ccc(Cl)cc3F)s2)C1. The second kappa shape index (κ2) is 7.32. The number of carbonyl (C=O) groups excluding carboxylic acids is 1. The molecular weight excluding hydrogens is 371 g/mol. The second-order valence-corrected chi connectivity index (χ2v) is 7.00. The number of nitrogens with one attached hydrogen (secondary N) is 1. The van der Waals surface area contributed by atoms with Crippen molar-refractivity contribution in [2.75, 3.05) is 18.4 Å². The molecule has 2 aromatic rings. The van der Waals surface area contributed by atoms with Crippen LogP contribution in [0.25, 0.3) is 10.6 Å². The predicted molar refractivity (Wildman–Crippen MR) is 91.3 cm³/mol. The molecule has 1 aromatic heterocycles. The first kappa shape index (κ1) is 17.6. The number of aliphatic carboxylic acids is 1. The van der Waals surface area contributed by atoms with E-state index in [-0.39, 0.29) is 22.3 Å². The summed E-state index contributed by atoms with van der Waals surface area (Å²) in [6, 6.07) is 3.77. The number of amides is 2. The van der Waals surface area contributed by atoms with Crippen molar-refractivity contribution < 1.29 is 19.1 Å². The lowest BCUT2D eigenvalue weighted by atomic mass is 9.99. The van der Waals surface area contributed by atoms with E-state index in [1.54, 1.807) is 6.07 Å². The number of rotatable bonds is 3. The largest absolute Gasteiger partial charge is 0.481 e. The Balaban J connectivity index is 1.68. The van der Waals surface area contributed by atoms with Gasteiger partial charge in [0.15, 0.2) is 5.01 Å². The quantitative estimate of drug-likeness (QED) is 0.846. The van der Waals surface area contributed by atoms with Crippen molar-refractivity contribution in [3.63, 3.8) is 0 Å². The number of benzene rings is 1. The highest BCUT2D eigenvalue weighted by molar-refractivity contribution is 7.18. The van der Waals surface area contributed by atoms with E-state index in [1.807, 2.05) is 0 Å². The first-order chi connectivity index (χ1) is 11.9. The Morgan fingerprint density at radius 2 is 2.20 bits per heavy atom. The first-order valence-corrected chi connectivity index (χ1v) is 8.71. The van der Waals surface area contributed by atoms with Crippen LogP contribution in [-0.2, 0) is 4.79 Å². The molecule has 10 heteroatoms. The molecule has 1 aliphatic heterocycles. The molecule has 1 atom stereocenters. The Bertz CT molecular complexity index is 816. The van der Waals surface area contributed by atoms with E-state index in [2.05, 4.69) is 15.5 Å². The average molecular weight is 385 g/mol. The van der Waals surface area contributed by atoms with Gasteiger partial charge in [0.25, 0.3) is 0 Å². The zero-order valence-corrected chi connectivity index (χ0v) is 14.5. The van der Waals surface area contributed by atoms with Gasteiger partial charge in [-0.25, -0.2) is 9.18 Å². The maximum atomic E-state index is 13.9. The number of hydrogen-bond donors (Lipinski definition) is 2. The molecule has 3 rings (SSSR count). The fraction of sp³-hybridized carbons (Fsp3) is 0.333. The summed E-state index contributed by atoms with van der Waals surface area (Å²) in [7, 11) is 0. The fourth-order valence-corrected chi connectivity index (χ4v) is 3.50. The lowest BCUT2D eigenvalue weighted by Gasteiger charge is -2.30. The van der Waals surface area contributed by atoms with Gasteiger partial charge in [-0.15, -0.1) is 10.2 Å². The van der Waals surface area contributed by atoms with Gasteiger partial charge in [0, 0.05) is 23.7 Å². The number of anilines is 1. The van der Waals surface area contributed by atoms with E-state index < -0.39 is 23.7 Å². The Kier molecular flexibility index (Phi) is 5.14. The molecule has 0 radical (unpaired) electrons. The van der Waals surface area contributed by atoms with Crippen LogP contribution >= 0.6 is 22.9 Å². The molecule has 132 valence electrons. The summed E-state index contributed by atoms with van der Waals surface area (Å²) >= 11 is 6.75. The molecule has 0 bridgehead atoms. The molecule has 1 unspecified atom stereocenters. The molecular formula is C15H14ClFN4O3S. The standard InChI is InChI=1S/C15H14ClFN4O3S/c16-9-3-4-10(11(17)6-9)12-19-20-14(25-12)18-15(24)21-5-1-2-8(7-21)13(22)23/h3-4,6,8H,1-2,5,7H2,(H,22,23)(H,18,20,24). The third kappa shape index (κ3) is 4.05. The van der Waals surface area contributed by atoms with Crippen molar-refractivity contribution in [2.45, 2.75) is 12.8 Å². The zero-order valence-electron chi connectivity index (χ0n) is 12.9. The van der Waals surface area contributed by atoms with Gasteiger partial charge in [-0.3, -0.25) is 10.1 Å². The van der Waals surface area contributed by atoms with Crippen molar-refractivity contribution in [3.05, 3.63) is 29.0 Å². The van der Waals surface area contributed by atoms with E-state index in [0.717, 1.165) is 11.3 Å². The smallest absolute Gasteiger partial charge is 0.323 e. The van der Waals surface area contributed by atoms with Gasteiger partial charge in [-0.2, -0.15) is 0 Å². The van der Waals surface area contributed by atoms with Gasteiger partial charge in [-0.1, -0.05) is 22.9 Å². The second-order valence-electron chi connectivity index (χ2n) is 5.59. The molecule has 25 heavy (non-hydrogen) atoms. The van der Waals surface area contributed by atoms with Crippen LogP contribution in [0.3, 0.4) is 0 Å². The summed E-state index contributed by atoms with van der Waals surface area (Å²) in [5.74, 6) is -2.00. The summed E-state index contributed by atoms with van der Waals surface area (Å²) in [6.07, 6.45) is 1.18. The number of nitrogens with zero attached hydrogens (tertiary/aromatic N) is 3. The average Bonchev–Trinajstić information content (AvgIpc) is 3.03. The highest BCUT2D eigenvalue weighted by Crippen LogP contribution is 2.30. The van der Waals surface area contributed by atoms with Crippen molar-refractivity contribution in [3.8, 4) is 10.6 Å². The summed E-state index contributed by atoms with van der Waals surface area (Å²) in [5, 5.41) is 20.2. The highest BCUT2D eigenvalue weighted by Gasteiger charge is 2.28. The molecule has 0 spiro atoms. The van der Waals surface area contributed by atoms with Crippen molar-refractivity contribution in [2.24, 2.45) is 5.92 Å². The van der Waals surface area contributed by atoms with Crippen LogP contribution < -0.4 is 5.32 Å². The molecule has 1 aliphatic rings. The Morgan fingerprint density at radius 3 is 2.92 bits per heavy atom. The van der Waals surface area contributed by atoms with Crippen LogP contribution in [0.2, 0.25) is 5.02 Å². The Morgan fingerprint density at radius 1 is 1.40 bits per heavy atom. The lowest BCUT2D eigenvalue weighted by Crippen LogP contribution is -2.44. The number of halogens is 2. The highest BCUT2D eigenvalue weighted by atomic mass is 35.5. The van der Waals surface area contributed by atoms with Crippen LogP contribution in [0, 0.1) is 11.7 Å². The maximum Gasteiger partial charge on any atom is 0.323 e. The molecule has 1 fully saturated rings. The molecule has 0 saturated carbocycles. The van der Waals surface area contributed by atoms with E-state index in [1.165, 1.54) is 17.0 Å². The van der Waals surface area contributed by atoms with Gasteiger partial charge >= 0.3 is 12.0 Å². The van der Waals surface area contributed by atoms with Gasteiger partial charge in [0.1, 0.15) is 5.82 Å². The third-order valence-electron chi connectivity index (χ3n) is 3.86. The summed E-state index contributed by atoms with van der Waals surface area (Å²) in [5.41, 5.74) is 0.242. The monoisotopic (exact) mass is 384 g/mol. The van der Waals surface area contributed by atoms with Gasteiger partial charge in [-0.05, 0) is 31.0 Å². The number of hydrogen-bond acceptors (Lipinski definition) is 5. The van der Waals surface area contributed by atoms with Crippen LogP contribution in [0.1, 0.15) is 12.8 Å². The predicted octanol–water partition coefficient (Wildman–Crippen LogP) is 3.33. The number of piperidine rings is 1. The zero-order chi connectivity index (χ0) is 18.0. The van der Waals surface area contributed by atoms with Gasteiger partial charge in [0.05, 0.1) is 5.92 Å². The number of likely N-dealkylation sites (tertiary alicyclic amines) is 1. The number of carboxylic acids is 1. The minimum absolute atomic E-state index is 0.151. The fourth-order valence-electron chi connectivity index (χ4n) is 2.58. The maximum absolute atomic E-state index is 13.9. The third-order valence-corrected chi connectivity index (χ3v) is 4.97. The molecule has 7 nitrogen and oxygen atoms in total. The van der Waals surface area contributed by atoms with Crippen LogP contribution in [0.5, 0.6) is 0 Å². The van der Waals surface area contributed by atoms with E-state index >= 15 is 0 Å². The minimum Gasteiger partial charge on any atom is -0.481 e. The number of aromatic nitrogens is 2. The Hall–Kier alpha value is -2.26. The van der Waals surface area contributed by atoms with Crippen molar-refractivity contribution in [1.29, 1.82) is 0 Å². The molecule has 2 heterocycles. The number of carbonyl (C=O) groups is 2. The molecule has 2 N–H and O–H groups in total. The van der Waals surface area contributed by atoms with Crippen LogP contribution in [0.15, 0.2) is 18.2 Å². The van der Waals surface area contributed by atoms with Crippen LogP contribution in [0.4, 0.5) is 14.3 Å². The van der Waals surface area contributed by atoms with Crippen molar-refractivity contribution in [1.82, 2.24) is 15.1 Å². The Labute approximate surface area is 151 Å². The summed E-state index contributed by atoms with van der Waals surface area (Å²) < 4.78 is 13.9. The molecule has 0 aliphatic carbocycles. The number of carboxylic acid groups (broad SMARTS) is 1. The van der Waals surface area contributed by atoms with Gasteiger partial charge in [0.2, 0.25) is 5.13 Å². The molecule has 1 saturated heterocycles. The summed E-state index contributed by atoms with van der Waals surface area (Å²) in [6.45, 7) is 0.631. The normalized spacial score (nSPS) is 17.4. The minimum atomic E-state index is -0.908. The van der Waals surface area contributed by atoms with Gasteiger partial charge < -0.3 is 10.0 Å². The number of urea groups is 1. The van der Waals surface area contributed by atoms with Crippen molar-refractivity contribution >= 4 is 40.1 Å². The summed E-state index contributed by atoms with van der Waals surface area (Å²) in [4.78, 5) is 24.8. The lowest BCUT2D eigenvalue weighted by molar-refractivity contribution is -0.143. The van der Waals surface area contributed by atoms with E-state index in [4.69, 9.17) is 16.7 Å². The molecule has 2 amide bonds. The van der Waals surface area contributed by atoms with E-state index in [9.17, 15) is 14.0 Å².